The highest BCUT2D eigenvalue weighted by atomic mass is 79.9. The van der Waals surface area contributed by atoms with Gasteiger partial charge in [0.2, 0.25) is 0 Å². The number of hydrogen-bond acceptors (Lipinski definition) is 3. The first-order valence-electron chi connectivity index (χ1n) is 7.02. The van der Waals surface area contributed by atoms with Crippen molar-refractivity contribution in [2.75, 3.05) is 25.6 Å². The molecule has 0 saturated carbocycles. The number of halogens is 1. The number of methoxy groups -OCH3 is 1. The Kier molecular flexibility index (Phi) is 5.65. The van der Waals surface area contributed by atoms with E-state index in [1.54, 1.807) is 7.11 Å². The Hall–Kier alpha value is -1.52. The summed E-state index contributed by atoms with van der Waals surface area (Å²) in [6, 6.07) is 14.5. The molecule has 0 radical (unpaired) electrons. The average Bonchev–Trinajstić information content (AvgIpc) is 2.52. The molecule has 1 N–H and O–H groups in total. The summed E-state index contributed by atoms with van der Waals surface area (Å²) in [6.07, 6.45) is 0. The largest absolute Gasteiger partial charge is 0.497 e. The fourth-order valence-corrected chi connectivity index (χ4v) is 2.84. The molecule has 0 fully saturated rings. The Morgan fingerprint density at radius 2 is 1.86 bits per heavy atom. The van der Waals surface area contributed by atoms with Gasteiger partial charge in [-0.15, -0.1) is 0 Å². The normalized spacial score (nSPS) is 10.5. The average molecular weight is 349 g/mol. The molecule has 2 rings (SSSR count). The Bertz CT molecular complexity index is 584. The van der Waals surface area contributed by atoms with Crippen molar-refractivity contribution in [3.8, 4) is 5.75 Å². The highest BCUT2D eigenvalue weighted by Crippen LogP contribution is 2.32. The van der Waals surface area contributed by atoms with Crippen molar-refractivity contribution in [1.29, 1.82) is 0 Å². The van der Waals surface area contributed by atoms with Crippen LogP contribution in [0.5, 0.6) is 5.75 Å². The van der Waals surface area contributed by atoms with E-state index >= 15 is 0 Å². The van der Waals surface area contributed by atoms with E-state index in [-0.39, 0.29) is 0 Å². The third kappa shape index (κ3) is 3.99. The van der Waals surface area contributed by atoms with Gasteiger partial charge in [0.05, 0.1) is 12.8 Å². The number of rotatable bonds is 6. The van der Waals surface area contributed by atoms with E-state index in [0.29, 0.717) is 0 Å². The molecule has 3 nitrogen and oxygen atoms in total. The minimum atomic E-state index is 0.868. The predicted octanol–water partition coefficient (Wildman–Crippen LogP) is 4.34. The second kappa shape index (κ2) is 7.48. The summed E-state index contributed by atoms with van der Waals surface area (Å²) in [5, 5.41) is 3.34. The number of nitrogens with one attached hydrogen (secondary N) is 1. The van der Waals surface area contributed by atoms with Crippen LogP contribution in [0.25, 0.3) is 0 Å². The van der Waals surface area contributed by atoms with Crippen LogP contribution in [-0.2, 0) is 6.54 Å². The van der Waals surface area contributed by atoms with Crippen LogP contribution in [-0.4, -0.2) is 20.7 Å². The van der Waals surface area contributed by atoms with Crippen LogP contribution < -0.4 is 15.0 Å². The van der Waals surface area contributed by atoms with Gasteiger partial charge in [-0.2, -0.15) is 0 Å². The number of anilines is 2. The molecule has 0 aliphatic carbocycles. The molecular formula is C17H21BrN2O. The first-order chi connectivity index (χ1) is 10.2. The van der Waals surface area contributed by atoms with Gasteiger partial charge in [0.25, 0.3) is 0 Å². The molecular weight excluding hydrogens is 328 g/mol. The van der Waals surface area contributed by atoms with E-state index in [9.17, 15) is 0 Å². The quantitative estimate of drug-likeness (QED) is 0.840. The van der Waals surface area contributed by atoms with Gasteiger partial charge in [-0.05, 0) is 64.4 Å². The maximum Gasteiger partial charge on any atom is 0.119 e. The van der Waals surface area contributed by atoms with Gasteiger partial charge >= 0.3 is 0 Å². The third-order valence-corrected chi connectivity index (χ3v) is 4.05. The van der Waals surface area contributed by atoms with Crippen molar-refractivity contribution in [3.05, 3.63) is 52.5 Å². The van der Waals surface area contributed by atoms with Gasteiger partial charge in [-0.25, -0.2) is 0 Å². The first kappa shape index (κ1) is 15.9. The van der Waals surface area contributed by atoms with E-state index in [4.69, 9.17) is 4.74 Å². The molecule has 0 bridgehead atoms. The number of nitrogens with zero attached hydrogens (tertiary/aromatic N) is 1. The van der Waals surface area contributed by atoms with Gasteiger partial charge in [0.1, 0.15) is 5.75 Å². The summed E-state index contributed by atoms with van der Waals surface area (Å²) in [5.41, 5.74) is 3.53. The second-order valence-electron chi connectivity index (χ2n) is 4.82. The van der Waals surface area contributed by atoms with Gasteiger partial charge in [0.15, 0.2) is 0 Å². The molecule has 0 amide bonds. The maximum atomic E-state index is 5.20. The van der Waals surface area contributed by atoms with Crippen LogP contribution >= 0.6 is 15.9 Å². The zero-order valence-electron chi connectivity index (χ0n) is 12.7. The van der Waals surface area contributed by atoms with E-state index in [2.05, 4.69) is 70.4 Å². The number of ether oxygens (including phenoxy) is 1. The van der Waals surface area contributed by atoms with Gasteiger partial charge in [-0.1, -0.05) is 13.0 Å². The van der Waals surface area contributed by atoms with E-state index in [1.807, 2.05) is 12.1 Å². The van der Waals surface area contributed by atoms with Gasteiger partial charge in [-0.3, -0.25) is 0 Å². The van der Waals surface area contributed by atoms with Crippen molar-refractivity contribution in [2.45, 2.75) is 13.5 Å². The molecule has 0 unspecified atom stereocenters. The monoisotopic (exact) mass is 348 g/mol. The van der Waals surface area contributed by atoms with Crippen molar-refractivity contribution < 1.29 is 4.74 Å². The molecule has 0 aromatic heterocycles. The van der Waals surface area contributed by atoms with Crippen molar-refractivity contribution in [3.63, 3.8) is 0 Å². The van der Waals surface area contributed by atoms with E-state index in [1.165, 1.54) is 5.56 Å². The first-order valence-corrected chi connectivity index (χ1v) is 7.82. The maximum absolute atomic E-state index is 5.20. The Morgan fingerprint density at radius 3 is 2.43 bits per heavy atom. The Morgan fingerprint density at radius 1 is 1.14 bits per heavy atom. The van der Waals surface area contributed by atoms with Crippen molar-refractivity contribution in [1.82, 2.24) is 5.32 Å². The van der Waals surface area contributed by atoms with Crippen LogP contribution in [0, 0.1) is 0 Å². The Balaban J connectivity index is 2.19. The van der Waals surface area contributed by atoms with Crippen LogP contribution in [0.15, 0.2) is 46.9 Å². The molecule has 2 aromatic carbocycles. The summed E-state index contributed by atoms with van der Waals surface area (Å²) in [4.78, 5) is 2.15. The van der Waals surface area contributed by atoms with E-state index in [0.717, 1.165) is 34.7 Å². The SMILES string of the molecule is CCNCc1ccc(N(C)c2ccc(OC)cc2)c(Br)c1. The molecule has 0 spiro atoms. The fraction of sp³-hybridized carbons (Fsp3) is 0.294. The smallest absolute Gasteiger partial charge is 0.119 e. The summed E-state index contributed by atoms with van der Waals surface area (Å²) in [6.45, 7) is 3.98. The topological polar surface area (TPSA) is 24.5 Å². The van der Waals surface area contributed by atoms with Crippen LogP contribution in [0.1, 0.15) is 12.5 Å². The zero-order valence-corrected chi connectivity index (χ0v) is 14.3. The third-order valence-electron chi connectivity index (χ3n) is 3.41. The van der Waals surface area contributed by atoms with Crippen LogP contribution in [0.2, 0.25) is 0 Å². The minimum absolute atomic E-state index is 0.868. The molecule has 0 heterocycles. The standard InChI is InChI=1S/C17H21BrN2O/c1-4-19-12-13-5-10-17(16(18)11-13)20(2)14-6-8-15(21-3)9-7-14/h5-11,19H,4,12H2,1-3H3. The summed E-state index contributed by atoms with van der Waals surface area (Å²) >= 11 is 3.67. The van der Waals surface area contributed by atoms with Crippen LogP contribution in [0.3, 0.4) is 0 Å². The lowest BCUT2D eigenvalue weighted by Crippen LogP contribution is -2.13. The molecule has 2 aromatic rings. The molecule has 112 valence electrons. The molecule has 21 heavy (non-hydrogen) atoms. The lowest BCUT2D eigenvalue weighted by molar-refractivity contribution is 0.415. The number of benzene rings is 2. The van der Waals surface area contributed by atoms with Crippen molar-refractivity contribution in [2.24, 2.45) is 0 Å². The fourth-order valence-electron chi connectivity index (χ4n) is 2.15. The van der Waals surface area contributed by atoms with Crippen LogP contribution in [0.4, 0.5) is 11.4 Å². The highest BCUT2D eigenvalue weighted by molar-refractivity contribution is 9.10. The molecule has 0 aliphatic rings. The summed E-state index contributed by atoms with van der Waals surface area (Å²) in [7, 11) is 3.74. The predicted molar refractivity (Wildman–Crippen MR) is 92.6 cm³/mol. The zero-order chi connectivity index (χ0) is 15.2. The minimum Gasteiger partial charge on any atom is -0.497 e. The van der Waals surface area contributed by atoms with Gasteiger partial charge in [0, 0.05) is 23.8 Å². The molecule has 0 atom stereocenters. The summed E-state index contributed by atoms with van der Waals surface area (Å²) < 4.78 is 6.29. The number of hydrogen-bond donors (Lipinski definition) is 1. The molecule has 4 heteroatoms. The van der Waals surface area contributed by atoms with Gasteiger partial charge < -0.3 is 15.0 Å². The molecule has 0 aliphatic heterocycles. The van der Waals surface area contributed by atoms with E-state index < -0.39 is 0 Å². The Labute approximate surface area is 135 Å². The second-order valence-corrected chi connectivity index (χ2v) is 5.68. The molecule has 0 saturated heterocycles. The lowest BCUT2D eigenvalue weighted by Gasteiger charge is -2.21. The lowest BCUT2D eigenvalue weighted by atomic mass is 10.2. The highest BCUT2D eigenvalue weighted by Gasteiger charge is 2.09. The summed E-state index contributed by atoms with van der Waals surface area (Å²) in [5.74, 6) is 0.868. The van der Waals surface area contributed by atoms with Crippen molar-refractivity contribution >= 4 is 27.3 Å².